The molecule has 0 saturated carbocycles. The molecule has 11 nitrogen and oxygen atoms in total. The third-order valence-corrected chi connectivity index (χ3v) is 5.73. The van der Waals surface area contributed by atoms with E-state index in [4.69, 9.17) is 35.3 Å². The monoisotopic (exact) mass is 494 g/mol. The Morgan fingerprint density at radius 1 is 0.971 bits per heavy atom. The van der Waals surface area contributed by atoms with Crippen LogP contribution in [0.3, 0.4) is 0 Å². The van der Waals surface area contributed by atoms with Crippen molar-refractivity contribution in [3.63, 3.8) is 0 Å². The molecule has 12 heteroatoms. The number of anilines is 3. The second-order valence-corrected chi connectivity index (χ2v) is 7.89. The van der Waals surface area contributed by atoms with Crippen LogP contribution in [0.15, 0.2) is 18.3 Å². The van der Waals surface area contributed by atoms with Crippen LogP contribution in [-0.2, 0) is 19.1 Å². The molecule has 1 aromatic carbocycles. The average molecular weight is 495 g/mol. The van der Waals surface area contributed by atoms with Crippen LogP contribution in [-0.4, -0.2) is 70.5 Å². The Bertz CT molecular complexity index is 1000. The third kappa shape index (κ3) is 5.36. The molecule has 34 heavy (non-hydrogen) atoms. The zero-order valence-corrected chi connectivity index (χ0v) is 20.3. The first kappa shape index (κ1) is 25.2. The highest BCUT2D eigenvalue weighted by Crippen LogP contribution is 2.40. The normalized spacial score (nSPS) is 17.5. The van der Waals surface area contributed by atoms with Gasteiger partial charge in [-0.05, 0) is 6.42 Å². The van der Waals surface area contributed by atoms with E-state index in [2.05, 4.69) is 15.3 Å². The summed E-state index contributed by atoms with van der Waals surface area (Å²) in [7, 11) is 7.18. The quantitative estimate of drug-likeness (QED) is 0.545. The molecule has 3 rings (SSSR count). The van der Waals surface area contributed by atoms with E-state index in [1.54, 1.807) is 17.0 Å². The highest BCUT2D eigenvalue weighted by molar-refractivity contribution is 6.32. The second kappa shape index (κ2) is 11.1. The highest BCUT2D eigenvalue weighted by Gasteiger charge is 2.37. The Hall–Kier alpha value is -3.47. The number of ether oxygens (including phenoxy) is 5. The van der Waals surface area contributed by atoms with Crippen molar-refractivity contribution in [1.29, 1.82) is 0 Å². The molecule has 0 amide bonds. The molecule has 2 heterocycles. The van der Waals surface area contributed by atoms with Gasteiger partial charge in [0.15, 0.2) is 17.3 Å². The number of benzene rings is 1. The summed E-state index contributed by atoms with van der Waals surface area (Å²) < 4.78 is 25.9. The van der Waals surface area contributed by atoms with Crippen LogP contribution in [0.5, 0.6) is 17.2 Å². The summed E-state index contributed by atoms with van der Waals surface area (Å²) >= 11 is 6.41. The summed E-state index contributed by atoms with van der Waals surface area (Å²) in [6.07, 6.45) is 1.76. The van der Waals surface area contributed by atoms with Crippen molar-refractivity contribution in [2.75, 3.05) is 58.9 Å². The summed E-state index contributed by atoms with van der Waals surface area (Å²) in [6.45, 7) is 0.557. The number of hydrogen-bond acceptors (Lipinski definition) is 11. The fraction of sp³-hybridized carbons (Fsp3) is 0.455. The molecule has 0 unspecified atom stereocenters. The lowest BCUT2D eigenvalue weighted by atomic mass is 9.89. The number of methoxy groups -OCH3 is 5. The van der Waals surface area contributed by atoms with E-state index in [0.29, 0.717) is 35.2 Å². The molecule has 1 N–H and O–H groups in total. The van der Waals surface area contributed by atoms with Crippen LogP contribution < -0.4 is 24.4 Å². The highest BCUT2D eigenvalue weighted by atomic mass is 35.5. The molecule has 2 aromatic rings. The van der Waals surface area contributed by atoms with Crippen LogP contribution >= 0.6 is 11.6 Å². The van der Waals surface area contributed by atoms with Gasteiger partial charge in [0.25, 0.3) is 0 Å². The van der Waals surface area contributed by atoms with Gasteiger partial charge in [0.2, 0.25) is 11.7 Å². The van der Waals surface area contributed by atoms with Gasteiger partial charge in [-0.15, -0.1) is 0 Å². The van der Waals surface area contributed by atoms with Gasteiger partial charge < -0.3 is 33.9 Å². The Labute approximate surface area is 202 Å². The SMILES string of the molecule is COC(=O)[C@@H]1C[C@H](C(=O)OC)CN(c2nc(Nc3cc(OC)c(OC)c(OC)c3)ncc2Cl)C1. The molecule has 0 aliphatic carbocycles. The molecule has 2 atom stereocenters. The van der Waals surface area contributed by atoms with Crippen molar-refractivity contribution in [3.05, 3.63) is 23.4 Å². The molecule has 1 aliphatic rings. The lowest BCUT2D eigenvalue weighted by molar-refractivity contribution is -0.150. The Kier molecular flexibility index (Phi) is 8.21. The number of esters is 2. The summed E-state index contributed by atoms with van der Waals surface area (Å²) in [5, 5.41) is 3.36. The van der Waals surface area contributed by atoms with E-state index >= 15 is 0 Å². The van der Waals surface area contributed by atoms with Gasteiger partial charge in [0.1, 0.15) is 5.02 Å². The minimum absolute atomic E-state index is 0.239. The Morgan fingerprint density at radius 2 is 1.53 bits per heavy atom. The van der Waals surface area contributed by atoms with Crippen molar-refractivity contribution in [1.82, 2.24) is 9.97 Å². The standard InChI is InChI=1S/C22H27ClN4O7/c1-30-16-7-14(8-17(31-2)18(16)32-3)25-22-24-9-15(23)19(26-22)27-10-12(20(28)33-4)6-13(11-27)21(29)34-5/h7-9,12-13H,6,10-11H2,1-5H3,(H,24,25,26)/t12-,13+. The van der Waals surface area contributed by atoms with Gasteiger partial charge in [-0.2, -0.15) is 4.98 Å². The number of carbonyl (C=O) groups is 2. The average Bonchev–Trinajstić information content (AvgIpc) is 2.87. The first-order valence-corrected chi connectivity index (χ1v) is 10.7. The number of piperidine rings is 1. The van der Waals surface area contributed by atoms with Gasteiger partial charge in [0, 0.05) is 30.9 Å². The van der Waals surface area contributed by atoms with Crippen LogP contribution in [0, 0.1) is 11.8 Å². The number of carbonyl (C=O) groups excluding carboxylic acids is 2. The molecule has 0 bridgehead atoms. The topological polar surface area (TPSA) is 121 Å². The predicted molar refractivity (Wildman–Crippen MR) is 124 cm³/mol. The number of nitrogens with zero attached hydrogens (tertiary/aromatic N) is 3. The number of hydrogen-bond donors (Lipinski definition) is 1. The fourth-order valence-corrected chi connectivity index (χ4v) is 4.08. The van der Waals surface area contributed by atoms with E-state index in [0.717, 1.165) is 0 Å². The molecule has 1 saturated heterocycles. The molecule has 0 spiro atoms. The number of nitrogens with one attached hydrogen (secondary N) is 1. The third-order valence-electron chi connectivity index (χ3n) is 5.47. The van der Waals surface area contributed by atoms with Crippen LogP contribution in [0.2, 0.25) is 5.02 Å². The number of aromatic nitrogens is 2. The Morgan fingerprint density at radius 3 is 2.00 bits per heavy atom. The predicted octanol–water partition coefficient (Wildman–Crippen LogP) is 2.69. The number of rotatable bonds is 8. The van der Waals surface area contributed by atoms with Crippen LogP contribution in [0.25, 0.3) is 0 Å². The van der Waals surface area contributed by atoms with E-state index in [1.807, 2.05) is 0 Å². The van der Waals surface area contributed by atoms with E-state index in [1.165, 1.54) is 41.7 Å². The molecule has 1 aliphatic heterocycles. The molecular formula is C22H27ClN4O7. The van der Waals surface area contributed by atoms with Crippen molar-refractivity contribution >= 4 is 41.0 Å². The second-order valence-electron chi connectivity index (χ2n) is 7.49. The summed E-state index contributed by atoms with van der Waals surface area (Å²) in [5.74, 6) is 0.0506. The molecule has 184 valence electrons. The summed E-state index contributed by atoms with van der Waals surface area (Å²) in [5.41, 5.74) is 0.585. The van der Waals surface area contributed by atoms with E-state index < -0.39 is 23.8 Å². The fourth-order valence-electron chi connectivity index (χ4n) is 3.87. The first-order chi connectivity index (χ1) is 16.3. The van der Waals surface area contributed by atoms with E-state index in [9.17, 15) is 9.59 Å². The van der Waals surface area contributed by atoms with Gasteiger partial charge in [-0.25, -0.2) is 4.98 Å². The first-order valence-electron chi connectivity index (χ1n) is 10.3. The van der Waals surface area contributed by atoms with Gasteiger partial charge >= 0.3 is 11.9 Å². The van der Waals surface area contributed by atoms with Crippen LogP contribution in [0.4, 0.5) is 17.5 Å². The molecule has 1 fully saturated rings. The molecular weight excluding hydrogens is 468 g/mol. The van der Waals surface area contributed by atoms with Crippen molar-refractivity contribution < 1.29 is 33.3 Å². The van der Waals surface area contributed by atoms with Gasteiger partial charge in [-0.1, -0.05) is 11.6 Å². The maximum absolute atomic E-state index is 12.3. The summed E-state index contributed by atoms with van der Waals surface area (Å²) in [4.78, 5) is 35.1. The van der Waals surface area contributed by atoms with E-state index in [-0.39, 0.29) is 24.1 Å². The van der Waals surface area contributed by atoms with Crippen LogP contribution in [0.1, 0.15) is 6.42 Å². The maximum atomic E-state index is 12.3. The minimum atomic E-state index is -0.541. The lowest BCUT2D eigenvalue weighted by Crippen LogP contribution is -2.46. The smallest absolute Gasteiger partial charge is 0.310 e. The molecule has 0 radical (unpaired) electrons. The lowest BCUT2D eigenvalue weighted by Gasteiger charge is -2.36. The number of halogens is 1. The maximum Gasteiger partial charge on any atom is 0.310 e. The zero-order chi connectivity index (χ0) is 24.8. The minimum Gasteiger partial charge on any atom is -0.493 e. The molecule has 1 aromatic heterocycles. The zero-order valence-electron chi connectivity index (χ0n) is 19.6. The van der Waals surface area contributed by atoms with Crippen molar-refractivity contribution in [2.24, 2.45) is 11.8 Å². The Balaban J connectivity index is 1.92. The summed E-state index contributed by atoms with van der Waals surface area (Å²) in [6, 6.07) is 3.42. The van der Waals surface area contributed by atoms with Gasteiger partial charge in [-0.3, -0.25) is 9.59 Å². The van der Waals surface area contributed by atoms with Crippen molar-refractivity contribution in [2.45, 2.75) is 6.42 Å². The largest absolute Gasteiger partial charge is 0.493 e. The van der Waals surface area contributed by atoms with Crippen molar-refractivity contribution in [3.8, 4) is 17.2 Å². The van der Waals surface area contributed by atoms with Gasteiger partial charge in [0.05, 0.1) is 53.6 Å².